The summed E-state index contributed by atoms with van der Waals surface area (Å²) in [7, 11) is 1.57. The molecular weight excluding hydrogens is 425 g/mol. The van der Waals surface area contributed by atoms with Gasteiger partial charge in [0, 0.05) is 31.6 Å². The number of aldehydes is 1. The zero-order chi connectivity index (χ0) is 24.4. The molecule has 33 heavy (non-hydrogen) atoms. The highest BCUT2D eigenvalue weighted by Gasteiger charge is 2.17. The first-order valence-corrected chi connectivity index (χ1v) is 11.0. The fourth-order valence-corrected chi connectivity index (χ4v) is 3.65. The van der Waals surface area contributed by atoms with Crippen molar-refractivity contribution in [3.05, 3.63) is 53.3 Å². The lowest BCUT2D eigenvalue weighted by atomic mass is 9.97. The van der Waals surface area contributed by atoms with E-state index in [9.17, 15) is 18.8 Å². The zero-order valence-electron chi connectivity index (χ0n) is 19.3. The molecule has 7 nitrogen and oxygen atoms in total. The standard InChI is InChI=1S/C25H32FN3O4/c1-16(2)11-20(8-10-23(31)28-3)29-24(32)15-33-22-9-7-17(12-19(22)14-30)25-18(13-27)5-4-6-21(25)26/h4-7,9,12,14,16,20H,8,10-11,13,15,27H2,1-3H3,(H,28,31)(H,29,32)/t20-/m1/s1. The second kappa shape index (κ2) is 12.7. The minimum Gasteiger partial charge on any atom is -0.483 e. The molecule has 2 aromatic rings. The zero-order valence-corrected chi connectivity index (χ0v) is 19.3. The molecule has 2 aromatic carbocycles. The molecule has 0 saturated carbocycles. The maximum atomic E-state index is 14.4. The lowest BCUT2D eigenvalue weighted by molar-refractivity contribution is -0.125. The largest absolute Gasteiger partial charge is 0.483 e. The van der Waals surface area contributed by atoms with Gasteiger partial charge in [0.05, 0.1) is 5.56 Å². The maximum absolute atomic E-state index is 14.4. The number of hydrogen-bond donors (Lipinski definition) is 3. The third-order valence-electron chi connectivity index (χ3n) is 5.22. The molecule has 0 saturated heterocycles. The molecule has 178 valence electrons. The van der Waals surface area contributed by atoms with E-state index in [-0.39, 0.29) is 42.3 Å². The first-order chi connectivity index (χ1) is 15.8. The topological polar surface area (TPSA) is 111 Å². The quantitative estimate of drug-likeness (QED) is 0.424. The molecule has 2 rings (SSSR count). The van der Waals surface area contributed by atoms with E-state index in [4.69, 9.17) is 10.5 Å². The second-order valence-corrected chi connectivity index (χ2v) is 8.24. The molecule has 0 aromatic heterocycles. The van der Waals surface area contributed by atoms with Crippen molar-refractivity contribution in [2.24, 2.45) is 11.7 Å². The Labute approximate surface area is 193 Å². The normalized spacial score (nSPS) is 11.7. The van der Waals surface area contributed by atoms with E-state index in [0.29, 0.717) is 41.7 Å². The summed E-state index contributed by atoms with van der Waals surface area (Å²) in [6.45, 7) is 3.94. The molecular formula is C25H32FN3O4. The highest BCUT2D eigenvalue weighted by molar-refractivity contribution is 5.84. The molecule has 2 amide bonds. The number of rotatable bonds is 12. The molecule has 4 N–H and O–H groups in total. The molecule has 8 heteroatoms. The predicted molar refractivity (Wildman–Crippen MR) is 125 cm³/mol. The Morgan fingerprint density at radius 2 is 1.94 bits per heavy atom. The number of amides is 2. The van der Waals surface area contributed by atoms with E-state index >= 15 is 0 Å². The number of carbonyl (C=O) groups excluding carboxylic acids is 3. The summed E-state index contributed by atoms with van der Waals surface area (Å²) < 4.78 is 20.0. The Balaban J connectivity index is 2.09. The molecule has 0 spiro atoms. The van der Waals surface area contributed by atoms with E-state index in [1.807, 2.05) is 13.8 Å². The Bertz CT molecular complexity index is 978. The SMILES string of the molecule is CNC(=O)CC[C@H](CC(C)C)NC(=O)COc1ccc(-c2c(F)cccc2CN)cc1C=O. The van der Waals surface area contributed by atoms with Crippen molar-refractivity contribution in [3.63, 3.8) is 0 Å². The molecule has 0 fully saturated rings. The van der Waals surface area contributed by atoms with Crippen LogP contribution >= 0.6 is 0 Å². The van der Waals surface area contributed by atoms with Crippen LogP contribution in [0.25, 0.3) is 11.1 Å². The summed E-state index contributed by atoms with van der Waals surface area (Å²) in [6, 6.07) is 9.16. The van der Waals surface area contributed by atoms with Gasteiger partial charge in [0.1, 0.15) is 11.6 Å². The summed E-state index contributed by atoms with van der Waals surface area (Å²) in [5, 5.41) is 5.47. The average molecular weight is 458 g/mol. The number of ether oxygens (including phenoxy) is 1. The van der Waals surface area contributed by atoms with Crippen molar-refractivity contribution >= 4 is 18.1 Å². The summed E-state index contributed by atoms with van der Waals surface area (Å²) >= 11 is 0. The van der Waals surface area contributed by atoms with Crippen molar-refractivity contribution in [1.82, 2.24) is 10.6 Å². The third-order valence-corrected chi connectivity index (χ3v) is 5.22. The Morgan fingerprint density at radius 1 is 1.18 bits per heavy atom. The third kappa shape index (κ3) is 7.68. The number of nitrogens with two attached hydrogens (primary N) is 1. The Kier molecular flexibility index (Phi) is 10.00. The lowest BCUT2D eigenvalue weighted by Crippen LogP contribution is -2.39. The van der Waals surface area contributed by atoms with Crippen LogP contribution in [-0.2, 0) is 16.1 Å². The molecule has 0 unspecified atom stereocenters. The van der Waals surface area contributed by atoms with Crippen molar-refractivity contribution in [2.75, 3.05) is 13.7 Å². The van der Waals surface area contributed by atoms with Crippen molar-refractivity contribution in [2.45, 2.75) is 45.7 Å². The Morgan fingerprint density at radius 3 is 2.58 bits per heavy atom. The first-order valence-electron chi connectivity index (χ1n) is 11.0. The van der Waals surface area contributed by atoms with E-state index in [1.54, 1.807) is 25.2 Å². The van der Waals surface area contributed by atoms with Gasteiger partial charge < -0.3 is 21.1 Å². The van der Waals surface area contributed by atoms with Crippen molar-refractivity contribution in [1.29, 1.82) is 0 Å². The fraction of sp³-hybridized carbons (Fsp3) is 0.400. The van der Waals surface area contributed by atoms with Gasteiger partial charge in [-0.3, -0.25) is 14.4 Å². The van der Waals surface area contributed by atoms with Crippen LogP contribution in [0, 0.1) is 11.7 Å². The van der Waals surface area contributed by atoms with Crippen LogP contribution in [0.3, 0.4) is 0 Å². The summed E-state index contributed by atoms with van der Waals surface area (Å²) in [6.07, 6.45) is 2.16. The fourth-order valence-electron chi connectivity index (χ4n) is 3.65. The monoisotopic (exact) mass is 457 g/mol. The minimum atomic E-state index is -0.434. The minimum absolute atomic E-state index is 0.0855. The van der Waals surface area contributed by atoms with Crippen molar-refractivity contribution < 1.29 is 23.5 Å². The van der Waals surface area contributed by atoms with Crippen molar-refractivity contribution in [3.8, 4) is 16.9 Å². The van der Waals surface area contributed by atoms with E-state index < -0.39 is 5.82 Å². The summed E-state index contributed by atoms with van der Waals surface area (Å²) in [4.78, 5) is 35.6. The lowest BCUT2D eigenvalue weighted by Gasteiger charge is -2.20. The molecule has 0 aliphatic carbocycles. The van der Waals surface area contributed by atoms with Gasteiger partial charge in [0.25, 0.3) is 5.91 Å². The first kappa shape index (κ1) is 26.0. The van der Waals surface area contributed by atoms with E-state index in [2.05, 4.69) is 10.6 Å². The van der Waals surface area contributed by atoms with Crippen LogP contribution < -0.4 is 21.1 Å². The van der Waals surface area contributed by atoms with Gasteiger partial charge in [0.15, 0.2) is 12.9 Å². The van der Waals surface area contributed by atoms with E-state index in [1.165, 1.54) is 18.2 Å². The van der Waals surface area contributed by atoms with Gasteiger partial charge in [-0.15, -0.1) is 0 Å². The van der Waals surface area contributed by atoms with Crippen LogP contribution in [-0.4, -0.2) is 37.8 Å². The van der Waals surface area contributed by atoms with Crippen LogP contribution in [0.5, 0.6) is 5.75 Å². The number of nitrogens with one attached hydrogen (secondary N) is 2. The number of carbonyl (C=O) groups is 3. The smallest absolute Gasteiger partial charge is 0.258 e. The molecule has 0 radical (unpaired) electrons. The molecule has 1 atom stereocenters. The van der Waals surface area contributed by atoms with Crippen LogP contribution in [0.15, 0.2) is 36.4 Å². The number of hydrogen-bond acceptors (Lipinski definition) is 5. The molecule has 0 heterocycles. The predicted octanol–water partition coefficient (Wildman–Crippen LogP) is 3.20. The Hall–Kier alpha value is -3.26. The summed E-state index contributed by atoms with van der Waals surface area (Å²) in [5.41, 5.74) is 7.38. The molecule has 0 aliphatic rings. The van der Waals surface area contributed by atoms with Crippen LogP contribution in [0.1, 0.15) is 49.0 Å². The number of benzene rings is 2. The van der Waals surface area contributed by atoms with Gasteiger partial charge >= 0.3 is 0 Å². The highest BCUT2D eigenvalue weighted by Crippen LogP contribution is 2.30. The van der Waals surface area contributed by atoms with Gasteiger partial charge in [-0.2, -0.15) is 0 Å². The van der Waals surface area contributed by atoms with Gasteiger partial charge in [-0.1, -0.05) is 32.0 Å². The average Bonchev–Trinajstić information content (AvgIpc) is 2.80. The van der Waals surface area contributed by atoms with Gasteiger partial charge in [-0.05, 0) is 48.1 Å². The van der Waals surface area contributed by atoms with Gasteiger partial charge in [0.2, 0.25) is 5.91 Å². The summed E-state index contributed by atoms with van der Waals surface area (Å²) in [5.74, 6) is -0.307. The molecule has 0 aliphatic heterocycles. The molecule has 0 bridgehead atoms. The maximum Gasteiger partial charge on any atom is 0.258 e. The van der Waals surface area contributed by atoms with E-state index in [0.717, 1.165) is 6.42 Å². The van der Waals surface area contributed by atoms with Gasteiger partial charge in [-0.25, -0.2) is 4.39 Å². The highest BCUT2D eigenvalue weighted by atomic mass is 19.1. The van der Waals surface area contributed by atoms with Crippen LogP contribution in [0.4, 0.5) is 4.39 Å². The number of halogens is 1. The second-order valence-electron chi connectivity index (χ2n) is 8.24. The van der Waals surface area contributed by atoms with Crippen LogP contribution in [0.2, 0.25) is 0 Å².